The molecule has 7 rings (SSSR count). The van der Waals surface area contributed by atoms with Crippen LogP contribution in [0, 0.1) is 18.3 Å². The van der Waals surface area contributed by atoms with Crippen LogP contribution < -0.4 is 36.6 Å². The summed E-state index contributed by atoms with van der Waals surface area (Å²) < 4.78 is 7.34. The zero-order chi connectivity index (χ0) is 50.1. The smallest absolute Gasteiger partial charge is 0.273 e. The molecule has 6 amide bonds. The van der Waals surface area contributed by atoms with Crippen LogP contribution in [0.2, 0.25) is 0 Å². The largest absolute Gasteiger partial charge is 0.494 e. The minimum atomic E-state index is -0.996. The molecular formula is C48H59N13O8S. The zero-order valence-electron chi connectivity index (χ0n) is 40.0. The number of nitrogens with zero attached hydrogens (tertiary/aromatic N) is 7. The number of likely N-dealkylation sites (tertiary alicyclic amines) is 1. The van der Waals surface area contributed by atoms with Crippen molar-refractivity contribution < 1.29 is 38.6 Å². The van der Waals surface area contributed by atoms with E-state index in [-0.39, 0.29) is 86.8 Å². The Balaban J connectivity index is 0.876. The molecule has 5 aromatic rings. The van der Waals surface area contributed by atoms with Crippen LogP contribution >= 0.6 is 11.3 Å². The third kappa shape index (κ3) is 12.7. The van der Waals surface area contributed by atoms with Gasteiger partial charge in [0.15, 0.2) is 23.1 Å². The van der Waals surface area contributed by atoms with Gasteiger partial charge < -0.3 is 46.6 Å². The summed E-state index contributed by atoms with van der Waals surface area (Å²) in [5, 5.41) is 40.3. The monoisotopic (exact) mass is 977 g/mol. The fourth-order valence-corrected chi connectivity index (χ4v) is 8.74. The molecule has 2 aliphatic rings. The average Bonchev–Trinajstić information content (AvgIpc) is 3.73. The van der Waals surface area contributed by atoms with Crippen LogP contribution in [0.5, 0.6) is 5.75 Å². The summed E-state index contributed by atoms with van der Waals surface area (Å²) in [6.07, 6.45) is 2.55. The first-order valence-corrected chi connectivity index (χ1v) is 24.0. The summed E-state index contributed by atoms with van der Waals surface area (Å²) >= 11 is 1.56. The SMILES string of the molecule is CNC(=O)c1nnc(NC(=O)C2CC2)cc1Nc1cccc(-c2ncn(CCNC(=O)CCCC(=O)N[C@H](C(=O)N3C[C@H](O)C[C@H]3C(=O)NCc3ccc(-c4scnc4C)cc3)C(C)(C)C)n2)c1OC. The van der Waals surface area contributed by atoms with Crippen molar-refractivity contribution in [3.05, 3.63) is 77.3 Å². The molecule has 1 saturated heterocycles. The molecule has 70 heavy (non-hydrogen) atoms. The maximum absolute atomic E-state index is 14.1. The number of β-amino-alcohol motifs (C(OH)–C–C–N with tert-alkyl or cyclic N) is 1. The molecule has 0 radical (unpaired) electrons. The maximum atomic E-state index is 14.1. The van der Waals surface area contributed by atoms with Crippen LogP contribution in [-0.2, 0) is 37.1 Å². The quantitative estimate of drug-likeness (QED) is 0.0586. The van der Waals surface area contributed by atoms with Gasteiger partial charge in [0.05, 0.1) is 52.8 Å². The van der Waals surface area contributed by atoms with Crippen molar-refractivity contribution in [3.63, 3.8) is 0 Å². The number of ether oxygens (including phenoxy) is 1. The molecule has 0 unspecified atom stereocenters. The minimum absolute atomic E-state index is 0.00258. The third-order valence-corrected chi connectivity index (χ3v) is 12.9. The molecular weight excluding hydrogens is 919 g/mol. The van der Waals surface area contributed by atoms with E-state index in [1.807, 2.05) is 52.0 Å². The molecule has 3 atom stereocenters. The summed E-state index contributed by atoms with van der Waals surface area (Å²) in [5.41, 5.74) is 5.20. The number of anilines is 3. The van der Waals surface area contributed by atoms with E-state index in [0.29, 0.717) is 22.8 Å². The van der Waals surface area contributed by atoms with Crippen molar-refractivity contribution in [2.75, 3.05) is 37.9 Å². The Kier molecular flexibility index (Phi) is 16.2. The standard InChI is InChI=1S/C48H59N13O8S/c1-27-41(70-26-53-27)29-15-13-28(14-16-29)23-51-45(66)35-21-31(62)24-61(35)47(68)42(48(2,3)4)56-38(64)12-8-11-37(63)50-19-20-60-25-52-43(59-60)32-9-7-10-33(40(32)69-6)54-34-22-36(55-44(65)30-17-18-30)57-58-39(34)46(67)49-5/h7,9-10,13-16,22,25-26,30-31,35,42,62H,8,11-12,17-21,23-24H2,1-6H3,(H,49,67)(H,50,63)(H,51,66)(H,56,64)(H2,54,55,57,65)/t31-,35+,42-/m1/s1. The lowest BCUT2D eigenvalue weighted by Gasteiger charge is -2.35. The molecule has 21 nitrogen and oxygen atoms in total. The molecule has 2 aromatic carbocycles. The van der Waals surface area contributed by atoms with Gasteiger partial charge in [0.2, 0.25) is 29.5 Å². The van der Waals surface area contributed by atoms with E-state index in [1.54, 1.807) is 39.7 Å². The predicted molar refractivity (Wildman–Crippen MR) is 261 cm³/mol. The van der Waals surface area contributed by atoms with Gasteiger partial charge >= 0.3 is 0 Å². The van der Waals surface area contributed by atoms with Gasteiger partial charge in [0.25, 0.3) is 5.91 Å². The molecule has 1 aliphatic heterocycles. The number of carbonyl (C=O) groups is 6. The lowest BCUT2D eigenvalue weighted by atomic mass is 9.85. The van der Waals surface area contributed by atoms with E-state index in [4.69, 9.17) is 4.74 Å². The predicted octanol–water partition coefficient (Wildman–Crippen LogP) is 3.72. The number of thiazole rings is 1. The lowest BCUT2D eigenvalue weighted by Crippen LogP contribution is -2.57. The molecule has 370 valence electrons. The van der Waals surface area contributed by atoms with Crippen molar-refractivity contribution >= 4 is 64.0 Å². The van der Waals surface area contributed by atoms with Crippen LogP contribution in [0.3, 0.4) is 0 Å². The van der Waals surface area contributed by atoms with E-state index in [2.05, 4.69) is 57.2 Å². The first kappa shape index (κ1) is 50.5. The number of aliphatic hydroxyl groups excluding tert-OH is 1. The average molecular weight is 978 g/mol. The number of aromatic nitrogens is 6. The van der Waals surface area contributed by atoms with Crippen LogP contribution in [0.1, 0.15) is 81.0 Å². The van der Waals surface area contributed by atoms with Gasteiger partial charge in [-0.2, -0.15) is 5.10 Å². The van der Waals surface area contributed by atoms with Gasteiger partial charge in [-0.05, 0) is 54.9 Å². The molecule has 0 spiro atoms. The van der Waals surface area contributed by atoms with Crippen LogP contribution in [0.15, 0.2) is 60.4 Å². The summed E-state index contributed by atoms with van der Waals surface area (Å²) in [6.45, 7) is 8.09. The number of benzene rings is 2. The first-order chi connectivity index (χ1) is 33.5. The highest BCUT2D eigenvalue weighted by Gasteiger charge is 2.44. The van der Waals surface area contributed by atoms with Crippen LogP contribution in [-0.4, -0.2) is 121 Å². The Bertz CT molecular complexity index is 2710. The Morgan fingerprint density at radius 2 is 1.70 bits per heavy atom. The van der Waals surface area contributed by atoms with Gasteiger partial charge in [-0.3, -0.25) is 33.4 Å². The van der Waals surface area contributed by atoms with Gasteiger partial charge in [-0.15, -0.1) is 21.5 Å². The normalized spacial score (nSPS) is 16.0. The van der Waals surface area contributed by atoms with Crippen molar-refractivity contribution in [3.8, 4) is 27.6 Å². The van der Waals surface area contributed by atoms with E-state index in [0.717, 1.165) is 34.5 Å². The number of methoxy groups -OCH3 is 1. The number of hydrogen-bond donors (Lipinski definition) is 7. The van der Waals surface area contributed by atoms with E-state index in [1.165, 1.54) is 31.5 Å². The number of amides is 6. The number of nitrogens with one attached hydrogen (secondary N) is 6. The van der Waals surface area contributed by atoms with Crippen molar-refractivity contribution in [1.82, 2.24) is 56.1 Å². The second-order valence-corrected chi connectivity index (χ2v) is 19.2. The third-order valence-electron chi connectivity index (χ3n) is 11.9. The molecule has 22 heteroatoms. The number of aryl methyl sites for hydroxylation is 1. The number of aliphatic hydroxyl groups is 1. The first-order valence-electron chi connectivity index (χ1n) is 23.1. The van der Waals surface area contributed by atoms with Crippen LogP contribution in [0.25, 0.3) is 21.8 Å². The Labute approximate surface area is 409 Å². The van der Waals surface area contributed by atoms with Gasteiger partial charge in [0, 0.05) is 57.9 Å². The second kappa shape index (κ2) is 22.4. The molecule has 7 N–H and O–H groups in total. The highest BCUT2D eigenvalue weighted by atomic mass is 32.1. The van der Waals surface area contributed by atoms with Gasteiger partial charge in [-0.1, -0.05) is 51.1 Å². The minimum Gasteiger partial charge on any atom is -0.494 e. The molecule has 2 fully saturated rings. The highest BCUT2D eigenvalue weighted by Crippen LogP contribution is 2.38. The Hall–Kier alpha value is -7.33. The van der Waals surface area contributed by atoms with E-state index in [9.17, 15) is 33.9 Å². The van der Waals surface area contributed by atoms with Gasteiger partial charge in [-0.25, -0.2) is 9.97 Å². The van der Waals surface area contributed by atoms with Crippen LogP contribution in [0.4, 0.5) is 17.2 Å². The molecule has 1 aliphatic carbocycles. The lowest BCUT2D eigenvalue weighted by molar-refractivity contribution is -0.144. The second-order valence-electron chi connectivity index (χ2n) is 18.3. The summed E-state index contributed by atoms with van der Waals surface area (Å²) in [7, 11) is 2.96. The Morgan fingerprint density at radius 1 is 0.943 bits per heavy atom. The number of rotatable bonds is 20. The van der Waals surface area contributed by atoms with Crippen molar-refractivity contribution in [1.29, 1.82) is 0 Å². The summed E-state index contributed by atoms with van der Waals surface area (Å²) in [4.78, 5) is 89.9. The Morgan fingerprint density at radius 3 is 2.39 bits per heavy atom. The molecule has 3 aromatic heterocycles. The fraction of sp³-hybridized carbons (Fsp3) is 0.438. The van der Waals surface area contributed by atoms with Crippen molar-refractivity contribution in [2.24, 2.45) is 11.3 Å². The van der Waals surface area contributed by atoms with E-state index < -0.39 is 47.2 Å². The fourth-order valence-electron chi connectivity index (χ4n) is 7.93. The number of carbonyl (C=O) groups excluding carboxylic acids is 6. The molecule has 4 heterocycles. The van der Waals surface area contributed by atoms with Crippen molar-refractivity contribution in [2.45, 2.75) is 97.5 Å². The maximum Gasteiger partial charge on any atom is 0.273 e. The zero-order valence-corrected chi connectivity index (χ0v) is 40.8. The molecule has 0 bridgehead atoms. The summed E-state index contributed by atoms with van der Waals surface area (Å²) in [6, 6.07) is 12.7. The van der Waals surface area contributed by atoms with Gasteiger partial charge in [0.1, 0.15) is 18.4 Å². The topological polar surface area (TPSA) is 277 Å². The summed E-state index contributed by atoms with van der Waals surface area (Å²) in [5.74, 6) is -1.38. The number of para-hydroxylation sites is 1. The highest BCUT2D eigenvalue weighted by molar-refractivity contribution is 7.13. The van der Waals surface area contributed by atoms with E-state index >= 15 is 0 Å². The molecule has 1 saturated carbocycles. The number of hydrogen-bond acceptors (Lipinski definition) is 15.